The fraction of sp³-hybridized carbons (Fsp3) is 0.474. The van der Waals surface area contributed by atoms with Crippen LogP contribution in [0.3, 0.4) is 0 Å². The van der Waals surface area contributed by atoms with Gasteiger partial charge in [0.25, 0.3) is 0 Å². The third-order valence-corrected chi connectivity index (χ3v) is 6.30. The molecule has 1 fully saturated rings. The van der Waals surface area contributed by atoms with Crippen LogP contribution < -0.4 is 4.90 Å². The number of hydrogen-bond donors (Lipinski definition) is 0. The fourth-order valence-corrected chi connectivity index (χ4v) is 4.94. The maximum absolute atomic E-state index is 13.2. The van der Waals surface area contributed by atoms with E-state index in [1.807, 2.05) is 35.7 Å². The highest BCUT2D eigenvalue weighted by Crippen LogP contribution is 2.34. The maximum atomic E-state index is 13.2. The molecule has 2 atom stereocenters. The average molecular weight is 341 g/mol. The Hall–Kier alpha value is -1.88. The summed E-state index contributed by atoms with van der Waals surface area (Å²) in [5.74, 6) is 1.39. The van der Waals surface area contributed by atoms with Gasteiger partial charge in [0.05, 0.1) is 12.0 Å². The molecule has 126 valence electrons. The second-order valence-electron chi connectivity index (χ2n) is 6.73. The van der Waals surface area contributed by atoms with Gasteiger partial charge in [-0.15, -0.1) is 11.3 Å². The van der Waals surface area contributed by atoms with Crippen molar-refractivity contribution in [1.29, 1.82) is 0 Å². The summed E-state index contributed by atoms with van der Waals surface area (Å²) in [5.41, 5.74) is 1.34. The number of amides is 1. The van der Waals surface area contributed by atoms with Gasteiger partial charge in [0, 0.05) is 30.7 Å². The van der Waals surface area contributed by atoms with Crippen LogP contribution in [0.15, 0.2) is 35.8 Å². The van der Waals surface area contributed by atoms with E-state index in [0.717, 1.165) is 44.7 Å². The van der Waals surface area contributed by atoms with Crippen LogP contribution in [0.25, 0.3) is 0 Å². The standard InChI is InChI=1S/C19H23N3OS/c1-14-16-8-12-24-17(16)7-11-22(14)19(23)15-5-4-10-21(13-15)18-6-2-3-9-20-18/h2-3,6,8-9,12,14-15H,4-5,7,10-11,13H2,1H3/t14-,15+/m0/s1. The highest BCUT2D eigenvalue weighted by atomic mass is 32.1. The first kappa shape index (κ1) is 15.6. The minimum atomic E-state index is 0.0865. The van der Waals surface area contributed by atoms with Gasteiger partial charge in [0.1, 0.15) is 5.82 Å². The summed E-state index contributed by atoms with van der Waals surface area (Å²) in [5, 5.41) is 2.15. The van der Waals surface area contributed by atoms with Gasteiger partial charge in [-0.3, -0.25) is 4.79 Å². The first-order chi connectivity index (χ1) is 11.7. The lowest BCUT2D eigenvalue weighted by Crippen LogP contribution is -2.47. The normalized spacial score (nSPS) is 23.9. The molecule has 1 saturated heterocycles. The molecule has 0 aromatic carbocycles. The summed E-state index contributed by atoms with van der Waals surface area (Å²) < 4.78 is 0. The first-order valence-electron chi connectivity index (χ1n) is 8.77. The summed E-state index contributed by atoms with van der Waals surface area (Å²) in [6.45, 7) is 4.80. The summed E-state index contributed by atoms with van der Waals surface area (Å²) in [6, 6.07) is 8.37. The van der Waals surface area contributed by atoms with Gasteiger partial charge in [0.2, 0.25) is 5.91 Å². The molecular formula is C19H23N3OS. The molecule has 4 nitrogen and oxygen atoms in total. The molecule has 4 heterocycles. The van der Waals surface area contributed by atoms with Crippen molar-refractivity contribution in [3.8, 4) is 0 Å². The Bertz CT molecular complexity index is 714. The van der Waals surface area contributed by atoms with E-state index < -0.39 is 0 Å². The second kappa shape index (κ2) is 6.55. The zero-order valence-electron chi connectivity index (χ0n) is 14.0. The number of carbonyl (C=O) groups is 1. The average Bonchev–Trinajstić information content (AvgIpc) is 3.12. The van der Waals surface area contributed by atoms with Crippen LogP contribution in [-0.4, -0.2) is 35.4 Å². The lowest BCUT2D eigenvalue weighted by Gasteiger charge is -2.39. The molecule has 5 heteroatoms. The Labute approximate surface area is 147 Å². The molecule has 0 radical (unpaired) electrons. The highest BCUT2D eigenvalue weighted by molar-refractivity contribution is 7.10. The van der Waals surface area contributed by atoms with E-state index in [1.54, 1.807) is 0 Å². The van der Waals surface area contributed by atoms with Crippen LogP contribution in [0, 0.1) is 5.92 Å². The van der Waals surface area contributed by atoms with E-state index in [9.17, 15) is 4.79 Å². The van der Waals surface area contributed by atoms with Crippen molar-refractivity contribution < 1.29 is 4.79 Å². The molecule has 0 N–H and O–H groups in total. The molecule has 0 aliphatic carbocycles. The van der Waals surface area contributed by atoms with E-state index in [-0.39, 0.29) is 12.0 Å². The van der Waals surface area contributed by atoms with Crippen molar-refractivity contribution in [2.24, 2.45) is 5.92 Å². The van der Waals surface area contributed by atoms with E-state index in [2.05, 4.69) is 33.2 Å². The minimum absolute atomic E-state index is 0.0865. The van der Waals surface area contributed by atoms with Crippen LogP contribution in [0.2, 0.25) is 0 Å². The monoisotopic (exact) mass is 341 g/mol. The molecule has 2 aromatic heterocycles. The zero-order chi connectivity index (χ0) is 16.5. The topological polar surface area (TPSA) is 36.4 Å². The van der Waals surface area contributed by atoms with E-state index in [1.165, 1.54) is 10.4 Å². The first-order valence-corrected chi connectivity index (χ1v) is 9.64. The molecule has 1 amide bonds. The molecule has 0 spiro atoms. The van der Waals surface area contributed by atoms with E-state index in [4.69, 9.17) is 0 Å². The number of nitrogens with zero attached hydrogens (tertiary/aromatic N) is 3. The van der Waals surface area contributed by atoms with Crippen LogP contribution in [0.1, 0.15) is 36.2 Å². The number of fused-ring (bicyclic) bond motifs is 1. The Balaban J connectivity index is 1.48. The second-order valence-corrected chi connectivity index (χ2v) is 7.73. The molecule has 0 saturated carbocycles. The zero-order valence-corrected chi connectivity index (χ0v) is 14.8. The number of rotatable bonds is 2. The van der Waals surface area contributed by atoms with Gasteiger partial charge >= 0.3 is 0 Å². The molecule has 0 bridgehead atoms. The number of carbonyl (C=O) groups excluding carboxylic acids is 1. The molecule has 4 rings (SSSR count). The Kier molecular flexibility index (Phi) is 4.27. The summed E-state index contributed by atoms with van der Waals surface area (Å²) >= 11 is 1.82. The van der Waals surface area contributed by atoms with Crippen molar-refractivity contribution in [2.75, 3.05) is 24.5 Å². The Morgan fingerprint density at radius 2 is 2.21 bits per heavy atom. The summed E-state index contributed by atoms with van der Waals surface area (Å²) in [4.78, 5) is 23.4. The van der Waals surface area contributed by atoms with Crippen molar-refractivity contribution in [1.82, 2.24) is 9.88 Å². The summed E-state index contributed by atoms with van der Waals surface area (Å²) in [6.07, 6.45) is 4.87. The number of hydrogen-bond acceptors (Lipinski definition) is 4. The number of pyridine rings is 1. The summed E-state index contributed by atoms with van der Waals surface area (Å²) in [7, 11) is 0. The van der Waals surface area contributed by atoms with E-state index >= 15 is 0 Å². The van der Waals surface area contributed by atoms with Gasteiger partial charge in [-0.05, 0) is 55.3 Å². The van der Waals surface area contributed by atoms with Crippen LogP contribution in [0.4, 0.5) is 5.82 Å². The molecule has 2 aliphatic rings. The minimum Gasteiger partial charge on any atom is -0.356 e. The lowest BCUT2D eigenvalue weighted by molar-refractivity contribution is -0.138. The Morgan fingerprint density at radius 3 is 3.04 bits per heavy atom. The van der Waals surface area contributed by atoms with Gasteiger partial charge in [0.15, 0.2) is 0 Å². The van der Waals surface area contributed by atoms with Crippen LogP contribution in [0.5, 0.6) is 0 Å². The van der Waals surface area contributed by atoms with Crippen molar-refractivity contribution in [3.63, 3.8) is 0 Å². The third kappa shape index (κ3) is 2.81. The predicted molar refractivity (Wildman–Crippen MR) is 97.3 cm³/mol. The molecule has 2 aromatic rings. The van der Waals surface area contributed by atoms with Gasteiger partial charge in [-0.25, -0.2) is 4.98 Å². The fourth-order valence-electron chi connectivity index (χ4n) is 3.97. The SMILES string of the molecule is C[C@H]1c2ccsc2CCN1C(=O)[C@@H]1CCCN(c2ccccn2)C1. The number of aromatic nitrogens is 1. The highest BCUT2D eigenvalue weighted by Gasteiger charge is 2.34. The molecular weight excluding hydrogens is 318 g/mol. The largest absolute Gasteiger partial charge is 0.356 e. The number of piperidine rings is 1. The van der Waals surface area contributed by atoms with Gasteiger partial charge < -0.3 is 9.80 Å². The smallest absolute Gasteiger partial charge is 0.227 e. The van der Waals surface area contributed by atoms with Crippen LogP contribution >= 0.6 is 11.3 Å². The quantitative estimate of drug-likeness (QED) is 0.839. The van der Waals surface area contributed by atoms with Crippen LogP contribution in [-0.2, 0) is 11.2 Å². The van der Waals surface area contributed by atoms with Gasteiger partial charge in [-0.1, -0.05) is 6.07 Å². The molecule has 24 heavy (non-hydrogen) atoms. The molecule has 0 unspecified atom stereocenters. The Morgan fingerprint density at radius 1 is 1.29 bits per heavy atom. The van der Waals surface area contributed by atoms with Crippen molar-refractivity contribution >= 4 is 23.1 Å². The van der Waals surface area contributed by atoms with Crippen molar-refractivity contribution in [3.05, 3.63) is 46.3 Å². The van der Waals surface area contributed by atoms with Gasteiger partial charge in [-0.2, -0.15) is 0 Å². The van der Waals surface area contributed by atoms with E-state index in [0.29, 0.717) is 5.91 Å². The van der Waals surface area contributed by atoms with Crippen molar-refractivity contribution in [2.45, 2.75) is 32.2 Å². The maximum Gasteiger partial charge on any atom is 0.227 e. The lowest BCUT2D eigenvalue weighted by atomic mass is 9.93. The number of anilines is 1. The third-order valence-electron chi connectivity index (χ3n) is 5.30. The molecule has 2 aliphatic heterocycles. The predicted octanol–water partition coefficient (Wildman–Crippen LogP) is 3.51. The number of thiophene rings is 1.